The van der Waals surface area contributed by atoms with E-state index in [1.165, 1.54) is 0 Å². The fraction of sp³-hybridized carbons (Fsp3) is 0.0833. The molecule has 1 heterocycles. The molecule has 18 heavy (non-hydrogen) atoms. The van der Waals surface area contributed by atoms with Crippen molar-refractivity contribution in [3.63, 3.8) is 0 Å². The number of nitrogens with zero attached hydrogens (tertiary/aromatic N) is 1. The molecular weight excluding hydrogens is 253 g/mol. The molecule has 0 bridgehead atoms. The van der Waals surface area contributed by atoms with E-state index in [0.717, 1.165) is 36.5 Å². The van der Waals surface area contributed by atoms with Crippen LogP contribution < -0.4 is 0 Å². The molecule has 0 aliphatic heterocycles. The van der Waals surface area contributed by atoms with Gasteiger partial charge in [0, 0.05) is 6.20 Å². The second-order valence-electron chi connectivity index (χ2n) is 3.49. The van der Waals surface area contributed by atoms with E-state index in [-0.39, 0.29) is 0 Å². The summed E-state index contributed by atoms with van der Waals surface area (Å²) in [5, 5.41) is 0. The molecule has 0 saturated carbocycles. The first-order chi connectivity index (χ1) is 8.41. The molecule has 2 aromatic rings. The highest BCUT2D eigenvalue weighted by Crippen LogP contribution is 2.37. The molecule has 0 spiro atoms. The molecule has 0 atom stereocenters. The van der Waals surface area contributed by atoms with Crippen LogP contribution in [0.25, 0.3) is 11.3 Å². The summed E-state index contributed by atoms with van der Waals surface area (Å²) in [7, 11) is 0. The lowest BCUT2D eigenvalue weighted by atomic mass is 10.0. The first-order valence-electron chi connectivity index (χ1n) is 4.88. The van der Waals surface area contributed by atoms with Gasteiger partial charge in [0.1, 0.15) is 11.6 Å². The molecule has 0 aliphatic rings. The molecule has 0 radical (unpaired) electrons. The quantitative estimate of drug-likeness (QED) is 0.704. The average molecular weight is 259 g/mol. The predicted molar refractivity (Wildman–Crippen MR) is 54.6 cm³/mol. The Bertz CT molecular complexity index is 557. The second-order valence-corrected chi connectivity index (χ2v) is 3.49. The van der Waals surface area contributed by atoms with Crippen molar-refractivity contribution >= 4 is 0 Å². The van der Waals surface area contributed by atoms with Crippen molar-refractivity contribution < 1.29 is 22.0 Å². The number of benzene rings is 1. The molecule has 94 valence electrons. The van der Waals surface area contributed by atoms with Gasteiger partial charge >= 0.3 is 6.18 Å². The lowest BCUT2D eigenvalue weighted by molar-refractivity contribution is -0.137. The van der Waals surface area contributed by atoms with Crippen LogP contribution in [0.4, 0.5) is 22.0 Å². The minimum absolute atomic E-state index is 0.730. The zero-order chi connectivity index (χ0) is 13.3. The van der Waals surface area contributed by atoms with E-state index >= 15 is 0 Å². The van der Waals surface area contributed by atoms with Crippen LogP contribution in [0, 0.1) is 11.6 Å². The Kier molecular flexibility index (Phi) is 3.02. The third-order valence-corrected chi connectivity index (χ3v) is 2.31. The number of hydrogen-bond acceptors (Lipinski definition) is 1. The fourth-order valence-corrected chi connectivity index (χ4v) is 1.56. The molecule has 0 fully saturated rings. The van der Waals surface area contributed by atoms with Crippen LogP contribution in [0.1, 0.15) is 5.56 Å². The highest BCUT2D eigenvalue weighted by atomic mass is 19.4. The Morgan fingerprint density at radius 3 is 2.06 bits per heavy atom. The monoisotopic (exact) mass is 259 g/mol. The van der Waals surface area contributed by atoms with Crippen molar-refractivity contribution in [2.24, 2.45) is 0 Å². The van der Waals surface area contributed by atoms with Gasteiger partial charge in [-0.05, 0) is 24.3 Å². The lowest BCUT2D eigenvalue weighted by Crippen LogP contribution is -2.09. The van der Waals surface area contributed by atoms with Crippen LogP contribution in [0.15, 0.2) is 36.5 Å². The summed E-state index contributed by atoms with van der Waals surface area (Å²) >= 11 is 0. The molecule has 2 rings (SSSR count). The highest BCUT2D eigenvalue weighted by molar-refractivity contribution is 5.65. The van der Waals surface area contributed by atoms with Crippen molar-refractivity contribution in [3.8, 4) is 11.3 Å². The van der Waals surface area contributed by atoms with Gasteiger partial charge in [-0.15, -0.1) is 0 Å². The summed E-state index contributed by atoms with van der Waals surface area (Å²) in [6.45, 7) is 0. The SMILES string of the molecule is Fc1cccc(F)c1-c1ncccc1C(F)(F)F. The Balaban J connectivity index is 2.73. The van der Waals surface area contributed by atoms with Crippen molar-refractivity contribution in [3.05, 3.63) is 53.7 Å². The van der Waals surface area contributed by atoms with E-state index in [1.54, 1.807) is 0 Å². The molecule has 0 aliphatic carbocycles. The van der Waals surface area contributed by atoms with E-state index < -0.39 is 34.6 Å². The minimum atomic E-state index is -4.72. The lowest BCUT2D eigenvalue weighted by Gasteiger charge is -2.12. The van der Waals surface area contributed by atoms with Crippen molar-refractivity contribution in [2.75, 3.05) is 0 Å². The van der Waals surface area contributed by atoms with E-state index in [1.807, 2.05) is 0 Å². The maximum atomic E-state index is 13.5. The minimum Gasteiger partial charge on any atom is -0.255 e. The van der Waals surface area contributed by atoms with Crippen molar-refractivity contribution in [2.45, 2.75) is 6.18 Å². The average Bonchev–Trinajstić information content (AvgIpc) is 2.28. The Hall–Kier alpha value is -1.98. The molecule has 0 unspecified atom stereocenters. The second kappa shape index (κ2) is 4.36. The zero-order valence-electron chi connectivity index (χ0n) is 8.80. The van der Waals surface area contributed by atoms with Gasteiger partial charge in [0.25, 0.3) is 0 Å². The van der Waals surface area contributed by atoms with Gasteiger partial charge < -0.3 is 0 Å². The van der Waals surface area contributed by atoms with E-state index in [2.05, 4.69) is 4.98 Å². The van der Waals surface area contributed by atoms with Gasteiger partial charge in [0.2, 0.25) is 0 Å². The Morgan fingerprint density at radius 1 is 0.889 bits per heavy atom. The summed E-state index contributed by atoms with van der Waals surface area (Å²) < 4.78 is 65.1. The molecule has 0 saturated heterocycles. The smallest absolute Gasteiger partial charge is 0.255 e. The van der Waals surface area contributed by atoms with Crippen molar-refractivity contribution in [1.82, 2.24) is 4.98 Å². The van der Waals surface area contributed by atoms with Crippen LogP contribution in [0.2, 0.25) is 0 Å². The van der Waals surface area contributed by atoms with Crippen LogP contribution in [-0.2, 0) is 6.18 Å². The third-order valence-electron chi connectivity index (χ3n) is 2.31. The standard InChI is InChI=1S/C12H6F5N/c13-8-4-1-5-9(14)10(8)11-7(12(15,16)17)3-2-6-18-11/h1-6H. The fourth-order valence-electron chi connectivity index (χ4n) is 1.56. The van der Waals surface area contributed by atoms with Crippen LogP contribution in [-0.4, -0.2) is 4.98 Å². The van der Waals surface area contributed by atoms with E-state index in [9.17, 15) is 22.0 Å². The van der Waals surface area contributed by atoms with Crippen molar-refractivity contribution in [1.29, 1.82) is 0 Å². The largest absolute Gasteiger partial charge is 0.418 e. The van der Waals surface area contributed by atoms with Gasteiger partial charge in [-0.1, -0.05) is 6.07 Å². The number of aromatic nitrogens is 1. The molecule has 0 N–H and O–H groups in total. The molecular formula is C12H6F5N. The van der Waals surface area contributed by atoms with E-state index in [4.69, 9.17) is 0 Å². The number of alkyl halides is 3. The van der Waals surface area contributed by atoms with Crippen LogP contribution in [0.3, 0.4) is 0 Å². The summed E-state index contributed by atoms with van der Waals surface area (Å²) in [4.78, 5) is 3.44. The molecule has 1 aromatic carbocycles. The molecule has 1 aromatic heterocycles. The zero-order valence-corrected chi connectivity index (χ0v) is 8.80. The molecule has 6 heteroatoms. The summed E-state index contributed by atoms with van der Waals surface area (Å²) in [6.07, 6.45) is -3.67. The summed E-state index contributed by atoms with van der Waals surface area (Å²) in [5.74, 6) is -2.17. The summed E-state index contributed by atoms with van der Waals surface area (Å²) in [5.41, 5.74) is -2.69. The number of hydrogen-bond donors (Lipinski definition) is 0. The van der Waals surface area contributed by atoms with E-state index in [0.29, 0.717) is 0 Å². The Morgan fingerprint density at radius 2 is 1.50 bits per heavy atom. The van der Waals surface area contributed by atoms with Gasteiger partial charge in [0.15, 0.2) is 0 Å². The summed E-state index contributed by atoms with van der Waals surface area (Å²) in [6, 6.07) is 4.63. The van der Waals surface area contributed by atoms with Gasteiger partial charge in [-0.25, -0.2) is 8.78 Å². The van der Waals surface area contributed by atoms with Gasteiger partial charge in [0.05, 0.1) is 16.8 Å². The first-order valence-corrected chi connectivity index (χ1v) is 4.88. The molecule has 0 amide bonds. The maximum absolute atomic E-state index is 13.5. The van der Waals surface area contributed by atoms with Crippen LogP contribution in [0.5, 0.6) is 0 Å². The first kappa shape index (κ1) is 12.5. The number of rotatable bonds is 1. The third kappa shape index (κ3) is 2.18. The van der Waals surface area contributed by atoms with Gasteiger partial charge in [-0.3, -0.25) is 4.98 Å². The number of pyridine rings is 1. The number of halogens is 5. The van der Waals surface area contributed by atoms with Gasteiger partial charge in [-0.2, -0.15) is 13.2 Å². The predicted octanol–water partition coefficient (Wildman–Crippen LogP) is 4.05. The Labute approximate surface area is 98.9 Å². The van der Waals surface area contributed by atoms with Crippen LogP contribution >= 0.6 is 0 Å². The normalized spacial score (nSPS) is 11.6. The highest BCUT2D eigenvalue weighted by Gasteiger charge is 2.35. The maximum Gasteiger partial charge on any atom is 0.418 e. The topological polar surface area (TPSA) is 12.9 Å². The molecule has 1 nitrogen and oxygen atoms in total.